The molecule has 7 nitrogen and oxygen atoms in total. The van der Waals surface area contributed by atoms with E-state index in [1.807, 2.05) is 6.92 Å². The van der Waals surface area contributed by atoms with Crippen LogP contribution in [0, 0.1) is 6.92 Å². The van der Waals surface area contributed by atoms with Crippen LogP contribution in [0.25, 0.3) is 0 Å². The molecule has 1 amide bonds. The van der Waals surface area contributed by atoms with Crippen molar-refractivity contribution in [1.82, 2.24) is 0 Å². The molecule has 0 spiro atoms. The van der Waals surface area contributed by atoms with E-state index in [1.54, 1.807) is 12.1 Å². The number of carbonyl (C=O) groups excluding carboxylic acids is 1. The molecule has 37 heavy (non-hydrogen) atoms. The van der Waals surface area contributed by atoms with Crippen molar-refractivity contribution in [1.29, 1.82) is 0 Å². The van der Waals surface area contributed by atoms with Gasteiger partial charge in [-0.25, -0.2) is 0 Å². The number of alkyl halides is 3. The molecule has 13 heteroatoms. The Balaban J connectivity index is 0.000000364. The first kappa shape index (κ1) is 30.4. The van der Waals surface area contributed by atoms with E-state index in [0.717, 1.165) is 17.7 Å². The fraction of sp³-hybridized carbons (Fsp3) is 0.208. The molecule has 0 aliphatic heterocycles. The van der Waals surface area contributed by atoms with Crippen molar-refractivity contribution in [2.24, 2.45) is 5.73 Å². The summed E-state index contributed by atoms with van der Waals surface area (Å²) >= 11 is 11.8. The van der Waals surface area contributed by atoms with Crippen LogP contribution in [0.2, 0.25) is 10.0 Å². The van der Waals surface area contributed by atoms with E-state index in [9.17, 15) is 26.4 Å². The van der Waals surface area contributed by atoms with Crippen molar-refractivity contribution in [2.75, 3.05) is 5.32 Å². The summed E-state index contributed by atoms with van der Waals surface area (Å²) in [4.78, 5) is 12.4. The Labute approximate surface area is 222 Å². The molecule has 3 aromatic rings. The molecular weight excluding hydrogens is 556 g/mol. The average Bonchev–Trinajstić information content (AvgIpc) is 2.73. The zero-order valence-corrected chi connectivity index (χ0v) is 21.8. The van der Waals surface area contributed by atoms with Crippen molar-refractivity contribution >= 4 is 44.9 Å². The van der Waals surface area contributed by atoms with Crippen LogP contribution in [0.5, 0.6) is 5.75 Å². The van der Waals surface area contributed by atoms with E-state index in [1.165, 1.54) is 49.4 Å². The molecule has 0 heterocycles. The number of nitrogens with two attached hydrogens (primary N) is 1. The maximum atomic E-state index is 12.4. The van der Waals surface area contributed by atoms with Gasteiger partial charge in [-0.2, -0.15) is 8.42 Å². The number of rotatable bonds is 6. The van der Waals surface area contributed by atoms with Crippen molar-refractivity contribution in [3.8, 4) is 5.75 Å². The van der Waals surface area contributed by atoms with Crippen LogP contribution in [0.4, 0.5) is 18.9 Å². The molecule has 0 saturated heterocycles. The van der Waals surface area contributed by atoms with Crippen LogP contribution in [0.3, 0.4) is 0 Å². The lowest BCUT2D eigenvalue weighted by atomic mass is 9.93. The van der Waals surface area contributed by atoms with Crippen LogP contribution >= 0.6 is 23.2 Å². The second-order valence-corrected chi connectivity index (χ2v) is 10.5. The van der Waals surface area contributed by atoms with Gasteiger partial charge < -0.3 is 15.8 Å². The van der Waals surface area contributed by atoms with E-state index < -0.39 is 27.9 Å². The second-order valence-electron chi connectivity index (χ2n) is 8.19. The minimum atomic E-state index is -4.76. The molecule has 4 N–H and O–H groups in total. The fourth-order valence-electron chi connectivity index (χ4n) is 2.92. The number of amides is 1. The molecule has 1 atom stereocenters. The van der Waals surface area contributed by atoms with Crippen LogP contribution in [0.1, 0.15) is 18.1 Å². The maximum Gasteiger partial charge on any atom is 0.573 e. The van der Waals surface area contributed by atoms with Gasteiger partial charge >= 0.3 is 6.36 Å². The summed E-state index contributed by atoms with van der Waals surface area (Å²) in [5.41, 5.74) is 6.66. The monoisotopic (exact) mass is 578 g/mol. The SMILES string of the molecule is C[C@@](N)(Cc1ccc(OC(F)(F)F)cc1)C(=O)Nc1cc(Cl)cc(Cl)c1.Cc1ccc(S(=O)(=O)O)cc1. The number of halogens is 5. The third-order valence-electron chi connectivity index (χ3n) is 4.69. The number of carbonyl (C=O) groups is 1. The van der Waals surface area contributed by atoms with Gasteiger partial charge in [0.15, 0.2) is 0 Å². The number of hydrogen-bond donors (Lipinski definition) is 3. The molecule has 0 radical (unpaired) electrons. The third-order valence-corrected chi connectivity index (χ3v) is 5.99. The molecule has 3 aromatic carbocycles. The minimum absolute atomic E-state index is 0.0666. The molecule has 0 saturated carbocycles. The fourth-order valence-corrected chi connectivity index (χ4v) is 3.93. The Hall–Kier alpha value is -2.83. The molecule has 0 fully saturated rings. The highest BCUT2D eigenvalue weighted by atomic mass is 35.5. The number of aryl methyl sites for hydroxylation is 1. The van der Waals surface area contributed by atoms with Crippen LogP contribution in [-0.2, 0) is 21.3 Å². The third kappa shape index (κ3) is 10.6. The summed E-state index contributed by atoms with van der Waals surface area (Å²) in [6, 6.07) is 15.7. The number of anilines is 1. The van der Waals surface area contributed by atoms with Crippen molar-refractivity contribution in [3.63, 3.8) is 0 Å². The molecule has 0 aromatic heterocycles. The Morgan fingerprint density at radius 2 is 1.51 bits per heavy atom. The summed E-state index contributed by atoms with van der Waals surface area (Å²) in [6.07, 6.45) is -4.67. The van der Waals surface area contributed by atoms with Crippen molar-refractivity contribution < 1.29 is 35.7 Å². The van der Waals surface area contributed by atoms with E-state index in [4.69, 9.17) is 33.5 Å². The first-order chi connectivity index (χ1) is 16.9. The van der Waals surface area contributed by atoms with Gasteiger partial charge in [0.1, 0.15) is 5.75 Å². The summed E-state index contributed by atoms with van der Waals surface area (Å²) in [5.74, 6) is -0.843. The zero-order chi connectivity index (χ0) is 28.0. The van der Waals surface area contributed by atoms with E-state index >= 15 is 0 Å². The molecule has 200 valence electrons. The van der Waals surface area contributed by atoms with Gasteiger partial charge in [-0.05, 0) is 68.3 Å². The van der Waals surface area contributed by atoms with Crippen LogP contribution in [-0.4, -0.2) is 30.8 Å². The molecule has 0 aliphatic rings. The van der Waals surface area contributed by atoms with Gasteiger partial charge in [0.05, 0.1) is 10.4 Å². The average molecular weight is 579 g/mol. The Morgan fingerprint density at radius 1 is 1.00 bits per heavy atom. The molecule has 0 aliphatic carbocycles. The van der Waals surface area contributed by atoms with E-state index in [-0.39, 0.29) is 17.1 Å². The second kappa shape index (κ2) is 12.1. The van der Waals surface area contributed by atoms with Gasteiger partial charge in [0.2, 0.25) is 5.91 Å². The van der Waals surface area contributed by atoms with Gasteiger partial charge in [0, 0.05) is 15.7 Å². The maximum absolute atomic E-state index is 12.4. The number of nitrogens with one attached hydrogen (secondary N) is 1. The largest absolute Gasteiger partial charge is 0.573 e. The predicted molar refractivity (Wildman–Crippen MR) is 136 cm³/mol. The Morgan fingerprint density at radius 3 is 1.97 bits per heavy atom. The number of hydrogen-bond acceptors (Lipinski definition) is 5. The molecule has 0 bridgehead atoms. The molecular formula is C24H23Cl2F3N2O5S. The predicted octanol–water partition coefficient (Wildman–Crippen LogP) is 6.03. The Kier molecular flexibility index (Phi) is 9.97. The minimum Gasteiger partial charge on any atom is -0.406 e. The summed E-state index contributed by atoms with van der Waals surface area (Å²) in [5, 5.41) is 3.33. The normalized spacial score (nSPS) is 13.1. The van der Waals surface area contributed by atoms with Crippen LogP contribution in [0.15, 0.2) is 71.6 Å². The lowest BCUT2D eigenvalue weighted by molar-refractivity contribution is -0.274. The zero-order valence-electron chi connectivity index (χ0n) is 19.5. The van der Waals surface area contributed by atoms with E-state index in [2.05, 4.69) is 10.1 Å². The summed E-state index contributed by atoms with van der Waals surface area (Å²) < 4.78 is 69.9. The first-order valence-electron chi connectivity index (χ1n) is 10.4. The molecule has 3 rings (SSSR count). The topological polar surface area (TPSA) is 119 Å². The highest BCUT2D eigenvalue weighted by Gasteiger charge is 2.32. The Bertz CT molecular complexity index is 1310. The highest BCUT2D eigenvalue weighted by molar-refractivity contribution is 7.85. The highest BCUT2D eigenvalue weighted by Crippen LogP contribution is 2.25. The van der Waals surface area contributed by atoms with Gasteiger partial charge in [-0.3, -0.25) is 9.35 Å². The quantitative estimate of drug-likeness (QED) is 0.307. The number of benzene rings is 3. The van der Waals surface area contributed by atoms with E-state index in [0.29, 0.717) is 21.3 Å². The standard InChI is InChI=1S/C17H15Cl2F3N2O2.C7H8O3S/c1-16(23,15(25)24-13-7-11(18)6-12(19)8-13)9-10-2-4-14(5-3-10)26-17(20,21)22;1-6-2-4-7(5-3-6)11(8,9)10/h2-8H,9,23H2,1H3,(H,24,25);2-5H,1H3,(H,8,9,10)/t16-;/m1./s1. The van der Waals surface area contributed by atoms with Gasteiger partial charge in [-0.1, -0.05) is 53.0 Å². The summed E-state index contributed by atoms with van der Waals surface area (Å²) in [7, 11) is -4.02. The lowest BCUT2D eigenvalue weighted by Crippen LogP contribution is -2.50. The molecule has 0 unspecified atom stereocenters. The van der Waals surface area contributed by atoms with Gasteiger partial charge in [0.25, 0.3) is 10.1 Å². The van der Waals surface area contributed by atoms with Crippen molar-refractivity contribution in [2.45, 2.75) is 37.1 Å². The lowest BCUT2D eigenvalue weighted by Gasteiger charge is -2.24. The summed E-state index contributed by atoms with van der Waals surface area (Å²) in [6.45, 7) is 3.35. The van der Waals surface area contributed by atoms with Crippen LogP contribution < -0.4 is 15.8 Å². The number of ether oxygens (including phenoxy) is 1. The first-order valence-corrected chi connectivity index (χ1v) is 12.6. The smallest absolute Gasteiger partial charge is 0.406 e. The van der Waals surface area contributed by atoms with Gasteiger partial charge in [-0.15, -0.1) is 13.2 Å². The van der Waals surface area contributed by atoms with Crippen molar-refractivity contribution in [3.05, 3.63) is 87.9 Å².